The maximum absolute atomic E-state index is 12.7. The van der Waals surface area contributed by atoms with Crippen LogP contribution in [0.3, 0.4) is 0 Å². The second-order valence-electron chi connectivity index (χ2n) is 5.72. The molecule has 3 aromatic rings. The Bertz CT molecular complexity index is 880. The van der Waals surface area contributed by atoms with Crippen LogP contribution in [-0.2, 0) is 17.9 Å². The number of oxazole rings is 1. The Morgan fingerprint density at radius 1 is 1.08 bits per heavy atom. The van der Waals surface area contributed by atoms with Crippen LogP contribution >= 0.6 is 0 Å². The number of aromatic nitrogens is 1. The van der Waals surface area contributed by atoms with Gasteiger partial charge >= 0.3 is 5.76 Å². The van der Waals surface area contributed by atoms with E-state index >= 15 is 0 Å². The Morgan fingerprint density at radius 2 is 1.79 bits per heavy atom. The van der Waals surface area contributed by atoms with Crippen molar-refractivity contribution in [1.82, 2.24) is 9.47 Å². The fourth-order valence-electron chi connectivity index (χ4n) is 2.76. The van der Waals surface area contributed by atoms with Gasteiger partial charge in [0.2, 0.25) is 5.91 Å². The van der Waals surface area contributed by atoms with Crippen LogP contribution in [0.15, 0.2) is 63.8 Å². The largest absolute Gasteiger partial charge is 0.420 e. The minimum atomic E-state index is -0.499. The first-order valence-corrected chi connectivity index (χ1v) is 8.09. The third kappa shape index (κ3) is 3.40. The van der Waals surface area contributed by atoms with E-state index < -0.39 is 5.76 Å². The maximum Gasteiger partial charge on any atom is 0.420 e. The van der Waals surface area contributed by atoms with Crippen LogP contribution < -0.4 is 5.76 Å². The van der Waals surface area contributed by atoms with Gasteiger partial charge in [0.1, 0.15) is 6.54 Å². The van der Waals surface area contributed by atoms with Gasteiger partial charge in [-0.2, -0.15) is 0 Å². The summed E-state index contributed by atoms with van der Waals surface area (Å²) in [5, 5.41) is 0. The Morgan fingerprint density at radius 3 is 2.54 bits per heavy atom. The first-order chi connectivity index (χ1) is 11.7. The summed E-state index contributed by atoms with van der Waals surface area (Å²) in [6.07, 6.45) is 0.861. The number of carbonyl (C=O) groups is 1. The molecule has 0 bridgehead atoms. The third-order valence-corrected chi connectivity index (χ3v) is 3.93. The van der Waals surface area contributed by atoms with E-state index in [2.05, 4.69) is 0 Å². The number of hydrogen-bond donors (Lipinski definition) is 0. The van der Waals surface area contributed by atoms with Crippen LogP contribution in [0.25, 0.3) is 11.1 Å². The summed E-state index contributed by atoms with van der Waals surface area (Å²) in [5.74, 6) is -0.588. The average molecular weight is 324 g/mol. The summed E-state index contributed by atoms with van der Waals surface area (Å²) in [4.78, 5) is 26.5. The Balaban J connectivity index is 1.82. The van der Waals surface area contributed by atoms with Gasteiger partial charge in [0.05, 0.1) is 5.52 Å². The summed E-state index contributed by atoms with van der Waals surface area (Å²) in [6, 6.07) is 17.0. The van der Waals surface area contributed by atoms with Gasteiger partial charge in [0.25, 0.3) is 0 Å². The summed E-state index contributed by atoms with van der Waals surface area (Å²) in [7, 11) is 0. The Kier molecular flexibility index (Phi) is 4.79. The van der Waals surface area contributed by atoms with E-state index in [4.69, 9.17) is 4.42 Å². The summed E-state index contributed by atoms with van der Waals surface area (Å²) in [6.45, 7) is 3.21. The molecule has 24 heavy (non-hydrogen) atoms. The summed E-state index contributed by atoms with van der Waals surface area (Å²) >= 11 is 0. The van der Waals surface area contributed by atoms with Gasteiger partial charge in [0, 0.05) is 13.1 Å². The monoisotopic (exact) mass is 324 g/mol. The zero-order chi connectivity index (χ0) is 16.9. The van der Waals surface area contributed by atoms with Crippen LogP contribution in [0.5, 0.6) is 0 Å². The molecular weight excluding hydrogens is 304 g/mol. The van der Waals surface area contributed by atoms with Gasteiger partial charge in [-0.15, -0.1) is 0 Å². The predicted octanol–water partition coefficient (Wildman–Crippen LogP) is 3.03. The topological polar surface area (TPSA) is 55.5 Å². The van der Waals surface area contributed by atoms with Crippen molar-refractivity contribution in [3.63, 3.8) is 0 Å². The number of nitrogens with zero attached hydrogens (tertiary/aromatic N) is 2. The Hall–Kier alpha value is -2.82. The highest BCUT2D eigenvalue weighted by Gasteiger charge is 2.17. The molecule has 0 spiro atoms. The molecule has 5 heteroatoms. The van der Waals surface area contributed by atoms with Crippen LogP contribution in [0.1, 0.15) is 18.9 Å². The fraction of sp³-hybridized carbons (Fsp3) is 0.263. The summed E-state index contributed by atoms with van der Waals surface area (Å²) < 4.78 is 6.59. The molecule has 0 aliphatic rings. The van der Waals surface area contributed by atoms with Crippen molar-refractivity contribution in [2.75, 3.05) is 6.54 Å². The molecule has 0 N–H and O–H groups in total. The number of fused-ring (bicyclic) bond motifs is 1. The lowest BCUT2D eigenvalue weighted by molar-refractivity contribution is -0.132. The highest BCUT2D eigenvalue weighted by atomic mass is 16.4. The molecule has 5 nitrogen and oxygen atoms in total. The van der Waals surface area contributed by atoms with Crippen molar-refractivity contribution in [3.8, 4) is 0 Å². The van der Waals surface area contributed by atoms with Gasteiger partial charge in [-0.05, 0) is 24.1 Å². The smallest absolute Gasteiger partial charge is 0.408 e. The molecule has 0 saturated carbocycles. The quantitative estimate of drug-likeness (QED) is 0.700. The van der Waals surface area contributed by atoms with Crippen molar-refractivity contribution in [2.45, 2.75) is 26.4 Å². The van der Waals surface area contributed by atoms with Gasteiger partial charge in [-0.1, -0.05) is 49.4 Å². The number of benzene rings is 2. The average Bonchev–Trinajstić information content (AvgIpc) is 2.91. The minimum Gasteiger partial charge on any atom is -0.408 e. The maximum atomic E-state index is 12.7. The number of carbonyl (C=O) groups excluding carboxylic acids is 1. The van der Waals surface area contributed by atoms with E-state index in [1.54, 1.807) is 23.1 Å². The second kappa shape index (κ2) is 7.17. The molecule has 1 amide bonds. The van der Waals surface area contributed by atoms with Crippen molar-refractivity contribution in [2.24, 2.45) is 0 Å². The fourth-order valence-corrected chi connectivity index (χ4v) is 2.76. The SMILES string of the molecule is CCCN(Cc1ccccc1)C(=O)Cn1c(=O)oc2ccccc21. The molecule has 3 rings (SSSR count). The van der Waals surface area contributed by atoms with Crippen molar-refractivity contribution in [1.29, 1.82) is 0 Å². The molecule has 0 fully saturated rings. The van der Waals surface area contributed by atoms with E-state index in [1.165, 1.54) is 4.57 Å². The molecule has 0 radical (unpaired) electrons. The highest BCUT2D eigenvalue weighted by Crippen LogP contribution is 2.13. The lowest BCUT2D eigenvalue weighted by Gasteiger charge is -2.22. The molecular formula is C19H20N2O3. The lowest BCUT2D eigenvalue weighted by atomic mass is 10.2. The van der Waals surface area contributed by atoms with Crippen molar-refractivity contribution >= 4 is 17.0 Å². The number of para-hydroxylation sites is 2. The van der Waals surface area contributed by atoms with Crippen molar-refractivity contribution in [3.05, 3.63) is 70.7 Å². The van der Waals surface area contributed by atoms with Gasteiger partial charge in [-0.25, -0.2) is 4.79 Å². The lowest BCUT2D eigenvalue weighted by Crippen LogP contribution is -2.35. The van der Waals surface area contributed by atoms with E-state index in [1.807, 2.05) is 43.3 Å². The molecule has 0 unspecified atom stereocenters. The summed E-state index contributed by atoms with van der Waals surface area (Å²) in [5.41, 5.74) is 2.22. The van der Waals surface area contributed by atoms with E-state index in [-0.39, 0.29) is 12.5 Å². The Labute approximate surface area is 140 Å². The van der Waals surface area contributed by atoms with E-state index in [0.717, 1.165) is 12.0 Å². The third-order valence-electron chi connectivity index (χ3n) is 3.93. The zero-order valence-electron chi connectivity index (χ0n) is 13.6. The van der Waals surface area contributed by atoms with Crippen LogP contribution in [0.2, 0.25) is 0 Å². The molecule has 2 aromatic carbocycles. The van der Waals surface area contributed by atoms with Gasteiger partial charge in [0.15, 0.2) is 5.58 Å². The van der Waals surface area contributed by atoms with Crippen LogP contribution in [0, 0.1) is 0 Å². The highest BCUT2D eigenvalue weighted by molar-refractivity contribution is 5.79. The van der Waals surface area contributed by atoms with E-state index in [9.17, 15) is 9.59 Å². The van der Waals surface area contributed by atoms with Gasteiger partial charge < -0.3 is 9.32 Å². The molecule has 124 valence electrons. The number of hydrogen-bond acceptors (Lipinski definition) is 3. The minimum absolute atomic E-state index is 0.0112. The molecule has 0 saturated heterocycles. The molecule has 1 aromatic heterocycles. The predicted molar refractivity (Wildman–Crippen MR) is 92.6 cm³/mol. The molecule has 0 aliphatic carbocycles. The zero-order valence-corrected chi connectivity index (χ0v) is 13.6. The number of rotatable bonds is 6. The van der Waals surface area contributed by atoms with Crippen LogP contribution in [0.4, 0.5) is 0 Å². The van der Waals surface area contributed by atoms with Crippen molar-refractivity contribution < 1.29 is 9.21 Å². The second-order valence-corrected chi connectivity index (χ2v) is 5.72. The van der Waals surface area contributed by atoms with Crippen LogP contribution in [-0.4, -0.2) is 21.9 Å². The first-order valence-electron chi connectivity index (χ1n) is 8.09. The molecule has 0 atom stereocenters. The molecule has 0 aliphatic heterocycles. The first kappa shape index (κ1) is 16.1. The normalized spacial score (nSPS) is 10.9. The number of amides is 1. The van der Waals surface area contributed by atoms with E-state index in [0.29, 0.717) is 24.2 Å². The van der Waals surface area contributed by atoms with Gasteiger partial charge in [-0.3, -0.25) is 9.36 Å². The standard InChI is InChI=1S/C19H20N2O3/c1-2-12-20(13-15-8-4-3-5-9-15)18(22)14-21-16-10-6-7-11-17(16)24-19(21)23/h3-11H,2,12-14H2,1H3. The molecule has 1 heterocycles.